The highest BCUT2D eigenvalue weighted by Gasteiger charge is 2.33. The Morgan fingerprint density at radius 1 is 1.09 bits per heavy atom. The molecule has 0 saturated heterocycles. The Labute approximate surface area is 200 Å². The minimum absolute atomic E-state index is 0.0460. The molecule has 7 heteroatoms. The molecular weight excluding hydrogens is 515 g/mol. The van der Waals surface area contributed by atoms with Gasteiger partial charge in [-0.05, 0) is 59.2 Å². The number of benzene rings is 2. The molecule has 4 aromatic rings. The van der Waals surface area contributed by atoms with Gasteiger partial charge >= 0.3 is 5.69 Å². The van der Waals surface area contributed by atoms with Gasteiger partial charge in [0.05, 0.1) is 16.7 Å². The van der Waals surface area contributed by atoms with Crippen LogP contribution in [0, 0.1) is 3.57 Å². The summed E-state index contributed by atoms with van der Waals surface area (Å²) in [7, 11) is 0. The largest absolute Gasteiger partial charge is 0.493 e. The second kappa shape index (κ2) is 8.77. The number of aromatic hydroxyl groups is 1. The predicted molar refractivity (Wildman–Crippen MR) is 134 cm³/mol. The molecule has 0 bridgehead atoms. The van der Waals surface area contributed by atoms with Crippen molar-refractivity contribution in [2.75, 3.05) is 0 Å². The minimum Gasteiger partial charge on any atom is -0.493 e. The van der Waals surface area contributed by atoms with Crippen LogP contribution in [0.5, 0.6) is 5.88 Å². The molecule has 0 radical (unpaired) electrons. The molecule has 0 spiro atoms. The van der Waals surface area contributed by atoms with Gasteiger partial charge in [0, 0.05) is 15.4 Å². The summed E-state index contributed by atoms with van der Waals surface area (Å²) in [5, 5.41) is 11.3. The van der Waals surface area contributed by atoms with Crippen molar-refractivity contribution >= 4 is 33.6 Å². The number of aromatic amines is 2. The average molecular weight is 542 g/mol. The molecule has 166 valence electrons. The molecule has 2 aromatic carbocycles. The van der Waals surface area contributed by atoms with E-state index in [-0.39, 0.29) is 23.4 Å². The Kier molecular flexibility index (Phi) is 5.84. The van der Waals surface area contributed by atoms with Gasteiger partial charge in [-0.1, -0.05) is 56.5 Å². The van der Waals surface area contributed by atoms with Crippen LogP contribution >= 0.6 is 22.6 Å². The van der Waals surface area contributed by atoms with Crippen molar-refractivity contribution in [2.45, 2.75) is 56.9 Å². The number of halogens is 1. The third kappa shape index (κ3) is 3.87. The van der Waals surface area contributed by atoms with Crippen LogP contribution in [0.1, 0.15) is 74.0 Å². The van der Waals surface area contributed by atoms with Gasteiger partial charge in [0.2, 0.25) is 5.88 Å². The van der Waals surface area contributed by atoms with Gasteiger partial charge in [0.1, 0.15) is 11.9 Å². The number of hydrogen-bond acceptors (Lipinski definition) is 3. The lowest BCUT2D eigenvalue weighted by molar-refractivity contribution is 0.355. The second-order valence-electron chi connectivity index (χ2n) is 8.80. The number of nitrogens with zero attached hydrogens (tertiary/aromatic N) is 2. The van der Waals surface area contributed by atoms with Crippen LogP contribution in [-0.2, 0) is 0 Å². The molecule has 1 saturated carbocycles. The zero-order chi connectivity index (χ0) is 22.2. The van der Waals surface area contributed by atoms with E-state index >= 15 is 0 Å². The highest BCUT2D eigenvalue weighted by Crippen LogP contribution is 2.40. The molecule has 1 aliphatic rings. The highest BCUT2D eigenvalue weighted by molar-refractivity contribution is 14.1. The van der Waals surface area contributed by atoms with Crippen molar-refractivity contribution in [2.24, 2.45) is 0 Å². The summed E-state index contributed by atoms with van der Waals surface area (Å²) in [6, 6.07) is 15.7. The van der Waals surface area contributed by atoms with Crippen molar-refractivity contribution in [3.05, 3.63) is 79.7 Å². The number of aromatic nitrogens is 4. The topological polar surface area (TPSA) is 86.7 Å². The summed E-state index contributed by atoms with van der Waals surface area (Å²) < 4.78 is 2.61. The van der Waals surface area contributed by atoms with Gasteiger partial charge in [-0.15, -0.1) is 0 Å². The second-order valence-corrected chi connectivity index (χ2v) is 10.0. The van der Waals surface area contributed by atoms with Gasteiger partial charge < -0.3 is 15.1 Å². The quantitative estimate of drug-likeness (QED) is 0.279. The van der Waals surface area contributed by atoms with Crippen molar-refractivity contribution in [1.29, 1.82) is 0 Å². The Morgan fingerprint density at radius 3 is 2.59 bits per heavy atom. The molecular formula is C25H27IN4O2. The fourth-order valence-electron chi connectivity index (χ4n) is 5.05. The van der Waals surface area contributed by atoms with E-state index in [1.807, 2.05) is 36.4 Å². The molecule has 5 rings (SSSR count). The van der Waals surface area contributed by atoms with E-state index in [1.165, 1.54) is 11.0 Å². The SMILES string of the molecule is C[C@@H](c1ccccc1)[C@@H](c1nc2ccc(I)cc2[nH]1)n1c(O)c(C2CCCCC2)[nH]c1=O. The number of nitrogens with one attached hydrogen (secondary N) is 2. The third-order valence-corrected chi connectivity index (χ3v) is 7.43. The summed E-state index contributed by atoms with van der Waals surface area (Å²) in [6.45, 7) is 2.08. The van der Waals surface area contributed by atoms with Crippen molar-refractivity contribution < 1.29 is 5.11 Å². The lowest BCUT2D eigenvalue weighted by atomic mass is 9.87. The first-order valence-electron chi connectivity index (χ1n) is 11.3. The average Bonchev–Trinajstić information content (AvgIpc) is 3.36. The summed E-state index contributed by atoms with van der Waals surface area (Å²) in [5.41, 5.74) is 3.24. The monoisotopic (exact) mass is 542 g/mol. The van der Waals surface area contributed by atoms with Crippen LogP contribution in [0.3, 0.4) is 0 Å². The number of fused-ring (bicyclic) bond motifs is 1. The van der Waals surface area contributed by atoms with Crippen LogP contribution in [-0.4, -0.2) is 24.6 Å². The van der Waals surface area contributed by atoms with E-state index in [4.69, 9.17) is 4.98 Å². The molecule has 2 heterocycles. The zero-order valence-electron chi connectivity index (χ0n) is 18.0. The summed E-state index contributed by atoms with van der Waals surface area (Å²) in [4.78, 5) is 24.5. The van der Waals surface area contributed by atoms with Gasteiger partial charge in [0.15, 0.2) is 0 Å². The first kappa shape index (κ1) is 21.3. The molecule has 32 heavy (non-hydrogen) atoms. The number of hydrogen-bond donors (Lipinski definition) is 3. The Bertz CT molecular complexity index is 1280. The normalized spacial score (nSPS) is 16.9. The maximum absolute atomic E-state index is 13.2. The van der Waals surface area contributed by atoms with Crippen molar-refractivity contribution in [1.82, 2.24) is 19.5 Å². The van der Waals surface area contributed by atoms with Crippen LogP contribution in [0.25, 0.3) is 11.0 Å². The molecule has 0 amide bonds. The fraction of sp³-hybridized carbons (Fsp3) is 0.360. The Hall–Kier alpha value is -2.55. The number of H-pyrrole nitrogens is 2. The van der Waals surface area contributed by atoms with Crippen molar-refractivity contribution in [3.63, 3.8) is 0 Å². The lowest BCUT2D eigenvalue weighted by Crippen LogP contribution is -2.27. The van der Waals surface area contributed by atoms with E-state index in [0.29, 0.717) is 11.5 Å². The predicted octanol–water partition coefficient (Wildman–Crippen LogP) is 5.80. The molecule has 2 aromatic heterocycles. The smallest absolute Gasteiger partial charge is 0.329 e. The van der Waals surface area contributed by atoms with E-state index in [9.17, 15) is 9.90 Å². The lowest BCUT2D eigenvalue weighted by Gasteiger charge is -2.25. The maximum atomic E-state index is 13.2. The molecule has 3 N–H and O–H groups in total. The van der Waals surface area contributed by atoms with E-state index in [0.717, 1.165) is 45.9 Å². The number of imidazole rings is 2. The summed E-state index contributed by atoms with van der Waals surface area (Å²) >= 11 is 2.28. The fourth-order valence-corrected chi connectivity index (χ4v) is 5.55. The molecule has 1 aliphatic carbocycles. The van der Waals surface area contributed by atoms with Crippen LogP contribution in [0.4, 0.5) is 0 Å². The van der Waals surface area contributed by atoms with Gasteiger partial charge in [-0.3, -0.25) is 4.57 Å². The molecule has 1 fully saturated rings. The van der Waals surface area contributed by atoms with Crippen LogP contribution < -0.4 is 5.69 Å². The maximum Gasteiger partial charge on any atom is 0.329 e. The molecule has 6 nitrogen and oxygen atoms in total. The Balaban J connectivity index is 1.66. The van der Waals surface area contributed by atoms with Crippen molar-refractivity contribution in [3.8, 4) is 5.88 Å². The summed E-state index contributed by atoms with van der Waals surface area (Å²) in [5.74, 6) is 0.826. The molecule has 0 unspecified atom stereocenters. The minimum atomic E-state index is -0.469. The van der Waals surface area contributed by atoms with E-state index < -0.39 is 6.04 Å². The van der Waals surface area contributed by atoms with Crippen LogP contribution in [0.2, 0.25) is 0 Å². The first-order valence-corrected chi connectivity index (χ1v) is 12.3. The Morgan fingerprint density at radius 2 is 1.84 bits per heavy atom. The molecule has 0 aliphatic heterocycles. The van der Waals surface area contributed by atoms with Crippen LogP contribution in [0.15, 0.2) is 53.3 Å². The zero-order valence-corrected chi connectivity index (χ0v) is 20.2. The highest BCUT2D eigenvalue weighted by atomic mass is 127. The molecule has 2 atom stereocenters. The third-order valence-electron chi connectivity index (χ3n) is 6.76. The number of rotatable bonds is 5. The van der Waals surface area contributed by atoms with Gasteiger partial charge in [-0.25, -0.2) is 9.78 Å². The van der Waals surface area contributed by atoms with E-state index in [2.05, 4.69) is 51.6 Å². The first-order chi connectivity index (χ1) is 15.5. The van der Waals surface area contributed by atoms with Gasteiger partial charge in [0.25, 0.3) is 0 Å². The van der Waals surface area contributed by atoms with E-state index in [1.54, 1.807) is 0 Å². The standard InChI is InChI=1S/C25H27IN4O2/c1-15(16-8-4-2-5-9-16)22(23-27-19-13-12-18(26)14-20(19)28-23)30-24(31)21(29-25(30)32)17-10-6-3-7-11-17/h2,4-5,8-9,12-15,17,22,31H,3,6-7,10-11H2,1H3,(H,27,28)(H,29,32)/t15-,22-/m0/s1. The van der Waals surface area contributed by atoms with Gasteiger partial charge in [-0.2, -0.15) is 0 Å². The summed E-state index contributed by atoms with van der Waals surface area (Å²) in [6.07, 6.45) is 5.46.